The second-order valence-corrected chi connectivity index (χ2v) is 6.57. The number of rotatable bonds is 12. The zero-order valence-electron chi connectivity index (χ0n) is 17.1. The molecule has 0 aliphatic heterocycles. The van der Waals surface area contributed by atoms with E-state index >= 15 is 0 Å². The molecule has 0 atom stereocenters. The number of guanidine groups is 1. The molecule has 2 aromatic rings. The second kappa shape index (κ2) is 12.7. The third-order valence-corrected chi connectivity index (χ3v) is 4.25. The smallest absolute Gasteiger partial charge is 0.191 e. The van der Waals surface area contributed by atoms with Gasteiger partial charge in [0.2, 0.25) is 0 Å². The first-order valence-electron chi connectivity index (χ1n) is 9.71. The fourth-order valence-electron chi connectivity index (χ4n) is 2.69. The van der Waals surface area contributed by atoms with Gasteiger partial charge >= 0.3 is 0 Å². The van der Waals surface area contributed by atoms with Gasteiger partial charge in [-0.3, -0.25) is 4.99 Å². The summed E-state index contributed by atoms with van der Waals surface area (Å²) in [6.07, 6.45) is 6.45. The number of methoxy groups -OCH3 is 1. The van der Waals surface area contributed by atoms with Crippen molar-refractivity contribution >= 4 is 5.96 Å². The molecule has 154 valence electrons. The van der Waals surface area contributed by atoms with Gasteiger partial charge in [-0.1, -0.05) is 12.1 Å². The number of nitrogens with one attached hydrogen (secondary N) is 2. The predicted octanol–water partition coefficient (Wildman–Crippen LogP) is 2.15. The van der Waals surface area contributed by atoms with Crippen molar-refractivity contribution in [3.8, 4) is 5.75 Å². The standard InChI is InChI=1S/C20H32N6O2/c1-17-7-8-18(19(13-17)28-12-6-11-27-3)14-23-20(21-2)22-9-4-5-10-26-15-24-25-16-26/h7-8,13,15-16H,4-6,9-12,14H2,1-3H3,(H2,21,22,23). The molecule has 1 aromatic carbocycles. The van der Waals surface area contributed by atoms with Crippen molar-refractivity contribution in [2.24, 2.45) is 4.99 Å². The third kappa shape index (κ3) is 7.96. The number of aryl methyl sites for hydroxylation is 2. The van der Waals surface area contributed by atoms with Crippen molar-refractivity contribution in [2.45, 2.75) is 39.3 Å². The number of aromatic nitrogens is 3. The van der Waals surface area contributed by atoms with Gasteiger partial charge in [0.25, 0.3) is 0 Å². The Bertz CT molecular complexity index is 703. The van der Waals surface area contributed by atoms with E-state index in [-0.39, 0.29) is 0 Å². The van der Waals surface area contributed by atoms with Crippen LogP contribution in [-0.4, -0.2) is 54.6 Å². The largest absolute Gasteiger partial charge is 0.493 e. The average molecular weight is 389 g/mol. The van der Waals surface area contributed by atoms with Gasteiger partial charge < -0.3 is 24.7 Å². The highest BCUT2D eigenvalue weighted by molar-refractivity contribution is 5.79. The van der Waals surface area contributed by atoms with E-state index in [1.807, 2.05) is 4.57 Å². The van der Waals surface area contributed by atoms with Crippen LogP contribution in [0.3, 0.4) is 0 Å². The van der Waals surface area contributed by atoms with E-state index in [1.165, 1.54) is 5.56 Å². The maximum absolute atomic E-state index is 5.94. The lowest BCUT2D eigenvalue weighted by molar-refractivity contribution is 0.172. The Balaban J connectivity index is 1.74. The average Bonchev–Trinajstić information content (AvgIpc) is 3.22. The molecule has 0 saturated heterocycles. The molecule has 2 N–H and O–H groups in total. The second-order valence-electron chi connectivity index (χ2n) is 6.57. The van der Waals surface area contributed by atoms with Gasteiger partial charge in [-0.05, 0) is 31.4 Å². The minimum absolute atomic E-state index is 0.643. The Morgan fingerprint density at radius 2 is 1.93 bits per heavy atom. The van der Waals surface area contributed by atoms with Crippen LogP contribution in [0.1, 0.15) is 30.4 Å². The van der Waals surface area contributed by atoms with Crippen LogP contribution < -0.4 is 15.4 Å². The Labute approximate surface area is 167 Å². The zero-order valence-corrected chi connectivity index (χ0v) is 17.1. The van der Waals surface area contributed by atoms with Crippen LogP contribution in [-0.2, 0) is 17.8 Å². The molecule has 8 nitrogen and oxygen atoms in total. The number of nitrogens with zero attached hydrogens (tertiary/aromatic N) is 4. The van der Waals surface area contributed by atoms with Gasteiger partial charge in [-0.25, -0.2) is 0 Å². The predicted molar refractivity (Wildman–Crippen MR) is 111 cm³/mol. The minimum Gasteiger partial charge on any atom is -0.493 e. The van der Waals surface area contributed by atoms with Gasteiger partial charge in [0.1, 0.15) is 18.4 Å². The molecule has 0 bridgehead atoms. The van der Waals surface area contributed by atoms with Crippen LogP contribution >= 0.6 is 0 Å². The van der Waals surface area contributed by atoms with E-state index in [0.717, 1.165) is 49.6 Å². The maximum atomic E-state index is 5.94. The monoisotopic (exact) mass is 388 g/mol. The lowest BCUT2D eigenvalue weighted by Gasteiger charge is -2.15. The highest BCUT2D eigenvalue weighted by atomic mass is 16.5. The molecule has 1 aromatic heterocycles. The SMILES string of the molecule is CN=C(NCCCCn1cnnc1)NCc1ccc(C)cc1OCCCOC. The molecule has 0 unspecified atom stereocenters. The van der Waals surface area contributed by atoms with Gasteiger partial charge in [0.15, 0.2) is 5.96 Å². The molecule has 8 heteroatoms. The van der Waals surface area contributed by atoms with Crippen LogP contribution in [0.25, 0.3) is 0 Å². The molecule has 0 fully saturated rings. The summed E-state index contributed by atoms with van der Waals surface area (Å²) >= 11 is 0. The Morgan fingerprint density at radius 3 is 2.68 bits per heavy atom. The van der Waals surface area contributed by atoms with Gasteiger partial charge in [0, 0.05) is 52.4 Å². The molecule has 0 aliphatic carbocycles. The van der Waals surface area contributed by atoms with Gasteiger partial charge in [0.05, 0.1) is 6.61 Å². The number of unbranched alkanes of at least 4 members (excludes halogenated alkanes) is 1. The van der Waals surface area contributed by atoms with Crippen LogP contribution in [0.5, 0.6) is 5.75 Å². The molecule has 0 spiro atoms. The van der Waals surface area contributed by atoms with E-state index in [2.05, 4.69) is 50.9 Å². The van der Waals surface area contributed by atoms with Crippen LogP contribution in [0, 0.1) is 6.92 Å². The lowest BCUT2D eigenvalue weighted by Crippen LogP contribution is -2.37. The van der Waals surface area contributed by atoms with Crippen LogP contribution in [0.15, 0.2) is 35.8 Å². The van der Waals surface area contributed by atoms with Crippen molar-refractivity contribution in [2.75, 3.05) is 33.9 Å². The highest BCUT2D eigenvalue weighted by Crippen LogP contribution is 2.20. The van der Waals surface area contributed by atoms with Crippen molar-refractivity contribution in [3.05, 3.63) is 42.0 Å². The summed E-state index contributed by atoms with van der Waals surface area (Å²) in [6.45, 7) is 5.85. The molecular weight excluding hydrogens is 356 g/mol. The van der Waals surface area contributed by atoms with E-state index in [0.29, 0.717) is 19.8 Å². The minimum atomic E-state index is 0.643. The normalized spacial score (nSPS) is 11.5. The fraction of sp³-hybridized carbons (Fsp3) is 0.550. The molecule has 28 heavy (non-hydrogen) atoms. The summed E-state index contributed by atoms with van der Waals surface area (Å²) in [7, 11) is 3.49. The van der Waals surface area contributed by atoms with Crippen LogP contribution in [0.4, 0.5) is 0 Å². The number of hydrogen-bond donors (Lipinski definition) is 2. The first kappa shape index (κ1) is 21.7. The van der Waals surface area contributed by atoms with E-state index in [4.69, 9.17) is 9.47 Å². The first-order valence-corrected chi connectivity index (χ1v) is 9.71. The van der Waals surface area contributed by atoms with Crippen LogP contribution in [0.2, 0.25) is 0 Å². The van der Waals surface area contributed by atoms with Crippen molar-refractivity contribution < 1.29 is 9.47 Å². The summed E-state index contributed by atoms with van der Waals surface area (Å²) in [4.78, 5) is 4.30. The van der Waals surface area contributed by atoms with E-state index in [1.54, 1.807) is 26.8 Å². The first-order chi connectivity index (χ1) is 13.7. The summed E-state index contributed by atoms with van der Waals surface area (Å²) in [5.41, 5.74) is 2.29. The molecular formula is C20H32N6O2. The number of aliphatic imine (C=N–C) groups is 1. The molecule has 1 heterocycles. The summed E-state index contributed by atoms with van der Waals surface area (Å²) < 4.78 is 13.0. The van der Waals surface area contributed by atoms with Gasteiger partial charge in [-0.2, -0.15) is 0 Å². The Morgan fingerprint density at radius 1 is 1.11 bits per heavy atom. The fourth-order valence-corrected chi connectivity index (χ4v) is 2.69. The Kier molecular flexibility index (Phi) is 9.85. The van der Waals surface area contributed by atoms with Crippen molar-refractivity contribution in [1.29, 1.82) is 0 Å². The molecule has 0 aliphatic rings. The lowest BCUT2D eigenvalue weighted by atomic mass is 10.1. The topological polar surface area (TPSA) is 85.6 Å². The van der Waals surface area contributed by atoms with Gasteiger partial charge in [-0.15, -0.1) is 10.2 Å². The van der Waals surface area contributed by atoms with E-state index in [9.17, 15) is 0 Å². The molecule has 0 amide bonds. The molecule has 2 rings (SSSR count). The van der Waals surface area contributed by atoms with Crippen molar-refractivity contribution in [3.63, 3.8) is 0 Å². The molecule has 0 saturated carbocycles. The maximum Gasteiger partial charge on any atom is 0.191 e. The summed E-state index contributed by atoms with van der Waals surface area (Å²) in [5, 5.41) is 14.3. The zero-order chi connectivity index (χ0) is 20.0. The van der Waals surface area contributed by atoms with Crippen molar-refractivity contribution in [1.82, 2.24) is 25.4 Å². The number of ether oxygens (including phenoxy) is 2. The quantitative estimate of drug-likeness (QED) is 0.329. The number of benzene rings is 1. The summed E-state index contributed by atoms with van der Waals surface area (Å²) in [6, 6.07) is 6.27. The van der Waals surface area contributed by atoms with E-state index < -0.39 is 0 Å². The summed E-state index contributed by atoms with van der Waals surface area (Å²) in [5.74, 6) is 1.70. The molecule has 0 radical (unpaired) electrons. The Hall–Kier alpha value is -2.61. The number of hydrogen-bond acceptors (Lipinski definition) is 5. The third-order valence-electron chi connectivity index (χ3n) is 4.25. The highest BCUT2D eigenvalue weighted by Gasteiger charge is 2.06.